The normalized spacial score (nSPS) is 28.6. The molecule has 2 N–H and O–H groups in total. The van der Waals surface area contributed by atoms with Crippen molar-refractivity contribution in [3.8, 4) is 5.75 Å². The molecule has 20 heavy (non-hydrogen) atoms. The molecule has 1 aromatic rings. The molecule has 1 saturated heterocycles. The van der Waals surface area contributed by atoms with Gasteiger partial charge in [0.25, 0.3) is 0 Å². The zero-order valence-electron chi connectivity index (χ0n) is 11.9. The molecule has 0 bridgehead atoms. The Hall–Kier alpha value is -1.55. The van der Waals surface area contributed by atoms with Gasteiger partial charge in [-0.15, -0.1) is 0 Å². The fraction of sp³-hybridized carbons (Fsp3) is 0.562. The fourth-order valence-corrected chi connectivity index (χ4v) is 3.07. The van der Waals surface area contributed by atoms with E-state index in [0.717, 1.165) is 37.4 Å². The average molecular weight is 274 g/mol. The number of piperidine rings is 1. The van der Waals surface area contributed by atoms with Crippen LogP contribution in [-0.2, 0) is 4.79 Å². The van der Waals surface area contributed by atoms with Crippen LogP contribution < -0.4 is 15.4 Å². The topological polar surface area (TPSA) is 50.4 Å². The maximum absolute atomic E-state index is 12.4. The second-order valence-corrected chi connectivity index (χ2v) is 6.21. The second kappa shape index (κ2) is 5.44. The first kappa shape index (κ1) is 13.4. The van der Waals surface area contributed by atoms with E-state index in [2.05, 4.69) is 17.6 Å². The predicted molar refractivity (Wildman–Crippen MR) is 77.9 cm³/mol. The summed E-state index contributed by atoms with van der Waals surface area (Å²) in [5, 5.41) is 6.53. The molecule has 1 aromatic carbocycles. The SMILES string of the molecule is CC1(CNC(=O)C2COc3ccccc32)CCCNC1. The van der Waals surface area contributed by atoms with Gasteiger partial charge in [0.15, 0.2) is 0 Å². The molecule has 4 heteroatoms. The van der Waals surface area contributed by atoms with Crippen LogP contribution in [0.5, 0.6) is 5.75 Å². The van der Waals surface area contributed by atoms with Crippen LogP contribution in [0.3, 0.4) is 0 Å². The average Bonchev–Trinajstić information content (AvgIpc) is 2.90. The van der Waals surface area contributed by atoms with Crippen molar-refractivity contribution in [3.05, 3.63) is 29.8 Å². The van der Waals surface area contributed by atoms with E-state index in [1.165, 1.54) is 6.42 Å². The van der Waals surface area contributed by atoms with E-state index in [1.807, 2.05) is 24.3 Å². The number of benzene rings is 1. The standard InChI is InChI=1S/C16H22N2O2/c1-16(7-4-8-17-10-16)11-18-15(19)13-9-20-14-6-3-2-5-12(13)14/h2-3,5-6,13,17H,4,7-11H2,1H3,(H,18,19). The van der Waals surface area contributed by atoms with Gasteiger partial charge in [-0.3, -0.25) is 4.79 Å². The van der Waals surface area contributed by atoms with Crippen LogP contribution in [0.25, 0.3) is 0 Å². The molecule has 0 spiro atoms. The van der Waals surface area contributed by atoms with Crippen LogP contribution in [0.4, 0.5) is 0 Å². The Labute approximate surface area is 119 Å². The van der Waals surface area contributed by atoms with Crippen molar-refractivity contribution < 1.29 is 9.53 Å². The molecule has 0 aromatic heterocycles. The molecule has 4 nitrogen and oxygen atoms in total. The highest BCUT2D eigenvalue weighted by molar-refractivity contribution is 5.85. The number of hydrogen-bond acceptors (Lipinski definition) is 3. The summed E-state index contributed by atoms with van der Waals surface area (Å²) in [5.74, 6) is 0.770. The highest BCUT2D eigenvalue weighted by Gasteiger charge is 2.32. The number of para-hydroxylation sites is 1. The number of ether oxygens (including phenoxy) is 1. The maximum Gasteiger partial charge on any atom is 0.231 e. The number of carbonyl (C=O) groups is 1. The quantitative estimate of drug-likeness (QED) is 0.881. The van der Waals surface area contributed by atoms with Crippen LogP contribution in [0.15, 0.2) is 24.3 Å². The van der Waals surface area contributed by atoms with Crippen molar-refractivity contribution in [2.45, 2.75) is 25.7 Å². The molecule has 2 aliphatic heterocycles. The molecule has 0 aliphatic carbocycles. The second-order valence-electron chi connectivity index (χ2n) is 6.21. The molecule has 3 rings (SSSR count). The van der Waals surface area contributed by atoms with E-state index in [-0.39, 0.29) is 17.2 Å². The Morgan fingerprint density at radius 3 is 3.15 bits per heavy atom. The minimum Gasteiger partial charge on any atom is -0.492 e. The molecule has 1 amide bonds. The number of amides is 1. The van der Waals surface area contributed by atoms with Crippen molar-refractivity contribution in [2.75, 3.05) is 26.2 Å². The van der Waals surface area contributed by atoms with Crippen LogP contribution >= 0.6 is 0 Å². The molecule has 2 heterocycles. The fourth-order valence-electron chi connectivity index (χ4n) is 3.07. The Morgan fingerprint density at radius 2 is 2.35 bits per heavy atom. The van der Waals surface area contributed by atoms with Crippen molar-refractivity contribution in [2.24, 2.45) is 5.41 Å². The lowest BCUT2D eigenvalue weighted by atomic mass is 9.82. The van der Waals surface area contributed by atoms with Gasteiger partial charge in [-0.1, -0.05) is 25.1 Å². The number of fused-ring (bicyclic) bond motifs is 1. The first-order valence-electron chi connectivity index (χ1n) is 7.38. The number of nitrogens with one attached hydrogen (secondary N) is 2. The highest BCUT2D eigenvalue weighted by Crippen LogP contribution is 2.33. The molecular formula is C16H22N2O2. The van der Waals surface area contributed by atoms with Crippen LogP contribution in [0, 0.1) is 5.41 Å². The zero-order valence-corrected chi connectivity index (χ0v) is 11.9. The van der Waals surface area contributed by atoms with Gasteiger partial charge in [-0.05, 0) is 30.9 Å². The number of hydrogen-bond donors (Lipinski definition) is 2. The molecular weight excluding hydrogens is 252 g/mol. The van der Waals surface area contributed by atoms with E-state index in [4.69, 9.17) is 4.74 Å². The predicted octanol–water partition coefficient (Wildman–Crippen LogP) is 1.67. The summed E-state index contributed by atoms with van der Waals surface area (Å²) in [7, 11) is 0. The van der Waals surface area contributed by atoms with Gasteiger partial charge in [-0.25, -0.2) is 0 Å². The summed E-state index contributed by atoms with van der Waals surface area (Å²) in [4.78, 5) is 12.4. The minimum absolute atomic E-state index is 0.0850. The summed E-state index contributed by atoms with van der Waals surface area (Å²) in [6.07, 6.45) is 2.35. The zero-order chi connectivity index (χ0) is 14.0. The van der Waals surface area contributed by atoms with Crippen molar-refractivity contribution in [1.82, 2.24) is 10.6 Å². The summed E-state index contributed by atoms with van der Waals surface area (Å²) >= 11 is 0. The molecule has 2 atom stereocenters. The largest absolute Gasteiger partial charge is 0.492 e. The third kappa shape index (κ3) is 2.66. The van der Waals surface area contributed by atoms with Crippen molar-refractivity contribution >= 4 is 5.91 Å². The lowest BCUT2D eigenvalue weighted by molar-refractivity contribution is -0.123. The van der Waals surface area contributed by atoms with Gasteiger partial charge in [0.2, 0.25) is 5.91 Å². The van der Waals surface area contributed by atoms with Crippen molar-refractivity contribution in [3.63, 3.8) is 0 Å². The lowest BCUT2D eigenvalue weighted by Crippen LogP contribution is -2.46. The van der Waals surface area contributed by atoms with Gasteiger partial charge in [-0.2, -0.15) is 0 Å². The van der Waals surface area contributed by atoms with Gasteiger partial charge < -0.3 is 15.4 Å². The summed E-state index contributed by atoms with van der Waals surface area (Å²) in [6.45, 7) is 5.49. The smallest absolute Gasteiger partial charge is 0.231 e. The minimum atomic E-state index is -0.161. The number of rotatable bonds is 3. The lowest BCUT2D eigenvalue weighted by Gasteiger charge is -2.34. The van der Waals surface area contributed by atoms with E-state index >= 15 is 0 Å². The van der Waals surface area contributed by atoms with Gasteiger partial charge in [0.1, 0.15) is 18.3 Å². The summed E-state index contributed by atoms with van der Waals surface area (Å²) < 4.78 is 5.58. The van der Waals surface area contributed by atoms with Crippen LogP contribution in [0.2, 0.25) is 0 Å². The number of carbonyl (C=O) groups excluding carboxylic acids is 1. The van der Waals surface area contributed by atoms with Crippen LogP contribution in [-0.4, -0.2) is 32.1 Å². The summed E-state index contributed by atoms with van der Waals surface area (Å²) in [6, 6.07) is 7.81. The van der Waals surface area contributed by atoms with Crippen molar-refractivity contribution in [1.29, 1.82) is 0 Å². The molecule has 108 valence electrons. The van der Waals surface area contributed by atoms with E-state index in [9.17, 15) is 4.79 Å². The summed E-state index contributed by atoms with van der Waals surface area (Å²) in [5.41, 5.74) is 1.18. The van der Waals surface area contributed by atoms with Gasteiger partial charge >= 0.3 is 0 Å². The third-order valence-corrected chi connectivity index (χ3v) is 4.39. The first-order valence-corrected chi connectivity index (χ1v) is 7.38. The van der Waals surface area contributed by atoms with Gasteiger partial charge in [0, 0.05) is 18.7 Å². The first-order chi connectivity index (χ1) is 9.68. The molecule has 2 unspecified atom stereocenters. The maximum atomic E-state index is 12.4. The van der Waals surface area contributed by atoms with Crippen LogP contribution in [0.1, 0.15) is 31.2 Å². The Kier molecular flexibility index (Phi) is 3.66. The monoisotopic (exact) mass is 274 g/mol. The molecule has 0 radical (unpaired) electrons. The van der Waals surface area contributed by atoms with E-state index < -0.39 is 0 Å². The highest BCUT2D eigenvalue weighted by atomic mass is 16.5. The molecule has 1 fully saturated rings. The molecule has 2 aliphatic rings. The Bertz CT molecular complexity index is 495. The Morgan fingerprint density at radius 1 is 1.50 bits per heavy atom. The third-order valence-electron chi connectivity index (χ3n) is 4.39. The van der Waals surface area contributed by atoms with E-state index in [0.29, 0.717) is 6.61 Å². The molecule has 0 saturated carbocycles. The van der Waals surface area contributed by atoms with E-state index in [1.54, 1.807) is 0 Å². The Balaban J connectivity index is 1.60. The van der Waals surface area contributed by atoms with Gasteiger partial charge in [0.05, 0.1) is 0 Å².